The van der Waals surface area contributed by atoms with Crippen molar-refractivity contribution >= 4 is 28.7 Å². The van der Waals surface area contributed by atoms with E-state index in [1.165, 1.54) is 10.8 Å². The highest BCUT2D eigenvalue weighted by Gasteiger charge is 2.49. The highest BCUT2D eigenvalue weighted by atomic mass is 16.2. The van der Waals surface area contributed by atoms with Crippen molar-refractivity contribution in [3.8, 4) is 0 Å². The van der Waals surface area contributed by atoms with Gasteiger partial charge < -0.3 is 14.7 Å². The van der Waals surface area contributed by atoms with Gasteiger partial charge in [0.2, 0.25) is 0 Å². The first-order valence-electron chi connectivity index (χ1n) is 11.8. The van der Waals surface area contributed by atoms with E-state index in [9.17, 15) is 9.59 Å². The van der Waals surface area contributed by atoms with Crippen LogP contribution in [-0.4, -0.2) is 89.5 Å². The molecule has 3 amide bonds. The summed E-state index contributed by atoms with van der Waals surface area (Å²) in [5, 5.41) is 4.86. The lowest BCUT2D eigenvalue weighted by Gasteiger charge is -2.40. The van der Waals surface area contributed by atoms with Gasteiger partial charge in [0.15, 0.2) is 18.2 Å². The number of urea groups is 1. The minimum absolute atomic E-state index is 0.277. The van der Waals surface area contributed by atoms with E-state index in [4.69, 9.17) is 4.99 Å². The Labute approximate surface area is 194 Å². The molecular formula is C25H32N6O2. The van der Waals surface area contributed by atoms with Crippen molar-refractivity contribution in [3.05, 3.63) is 48.0 Å². The van der Waals surface area contributed by atoms with Crippen molar-refractivity contribution in [3.63, 3.8) is 0 Å². The van der Waals surface area contributed by atoms with E-state index in [1.807, 2.05) is 12.1 Å². The van der Waals surface area contributed by atoms with Gasteiger partial charge in [-0.1, -0.05) is 56.3 Å². The highest BCUT2D eigenvalue weighted by molar-refractivity contribution is 6.03. The molecule has 174 valence electrons. The number of carbonyl (C=O) groups excluding carboxylic acids is 2. The molecule has 5 rings (SSSR count). The molecule has 2 fully saturated rings. The molecule has 2 unspecified atom stereocenters. The van der Waals surface area contributed by atoms with Crippen molar-refractivity contribution in [1.29, 1.82) is 0 Å². The first-order valence-corrected chi connectivity index (χ1v) is 11.8. The maximum absolute atomic E-state index is 13.0. The largest absolute Gasteiger partial charge is 0.340 e. The normalized spacial score (nSPS) is 23.9. The van der Waals surface area contributed by atoms with Crippen LogP contribution in [-0.2, 0) is 11.3 Å². The quantitative estimate of drug-likeness (QED) is 0.776. The van der Waals surface area contributed by atoms with Crippen LogP contribution in [0.2, 0.25) is 0 Å². The fourth-order valence-corrected chi connectivity index (χ4v) is 5.20. The summed E-state index contributed by atoms with van der Waals surface area (Å²) in [7, 11) is 1.71. The van der Waals surface area contributed by atoms with Gasteiger partial charge in [0, 0.05) is 46.3 Å². The summed E-state index contributed by atoms with van der Waals surface area (Å²) in [6, 6.07) is 13.7. The van der Waals surface area contributed by atoms with Crippen LogP contribution in [0.3, 0.4) is 0 Å². The molecule has 2 aromatic carbocycles. The predicted octanol–water partition coefficient (Wildman–Crippen LogP) is 2.16. The van der Waals surface area contributed by atoms with Crippen molar-refractivity contribution in [2.45, 2.75) is 32.6 Å². The Morgan fingerprint density at radius 3 is 2.52 bits per heavy atom. The number of imide groups is 1. The van der Waals surface area contributed by atoms with Gasteiger partial charge in [0.25, 0.3) is 5.91 Å². The Bertz CT molecular complexity index is 1090. The predicted molar refractivity (Wildman–Crippen MR) is 129 cm³/mol. The summed E-state index contributed by atoms with van der Waals surface area (Å²) < 4.78 is 0. The number of nitrogens with zero attached hydrogens (tertiary/aromatic N) is 5. The van der Waals surface area contributed by atoms with Gasteiger partial charge in [-0.05, 0) is 22.3 Å². The van der Waals surface area contributed by atoms with Crippen molar-refractivity contribution in [1.82, 2.24) is 24.9 Å². The Morgan fingerprint density at radius 2 is 1.76 bits per heavy atom. The van der Waals surface area contributed by atoms with E-state index < -0.39 is 18.2 Å². The van der Waals surface area contributed by atoms with Crippen LogP contribution < -0.4 is 5.32 Å². The number of fused-ring (bicyclic) bond motifs is 2. The average Bonchev–Trinajstić information content (AvgIpc) is 3.18. The van der Waals surface area contributed by atoms with E-state index in [2.05, 4.69) is 64.2 Å². The SMILES string of the molecule is CC(C)CN1CCN(C2=NC3C(C(=O)NC(=O)N3C)N2Cc2cccc3ccccc23)CC1. The number of guanidine groups is 1. The van der Waals surface area contributed by atoms with Crippen molar-refractivity contribution in [2.24, 2.45) is 10.9 Å². The first kappa shape index (κ1) is 21.7. The summed E-state index contributed by atoms with van der Waals surface area (Å²) in [4.78, 5) is 38.7. The fraction of sp³-hybridized carbons (Fsp3) is 0.480. The van der Waals surface area contributed by atoms with Gasteiger partial charge in [-0.25, -0.2) is 9.79 Å². The monoisotopic (exact) mass is 448 g/mol. The van der Waals surface area contributed by atoms with Crippen molar-refractivity contribution < 1.29 is 9.59 Å². The lowest BCUT2D eigenvalue weighted by atomic mass is 10.0. The molecule has 2 aromatic rings. The standard InChI is InChI=1S/C25H32N6O2/c1-17(2)15-29-11-13-30(14-12-29)24-26-22-21(23(32)27-25(33)28(22)3)31(24)16-19-9-6-8-18-7-4-5-10-20(18)19/h4-10,17,21-22H,11-16H2,1-3H3,(H,27,32,33). The second-order valence-corrected chi connectivity index (χ2v) is 9.64. The molecule has 3 heterocycles. The molecule has 0 saturated carbocycles. The zero-order valence-electron chi connectivity index (χ0n) is 19.6. The third-order valence-electron chi connectivity index (χ3n) is 6.84. The Hall–Kier alpha value is -3.13. The summed E-state index contributed by atoms with van der Waals surface area (Å²) >= 11 is 0. The number of carbonyl (C=O) groups is 2. The number of aliphatic imine (C=N–C) groups is 1. The fourth-order valence-electron chi connectivity index (χ4n) is 5.20. The molecule has 33 heavy (non-hydrogen) atoms. The van der Waals surface area contributed by atoms with Gasteiger partial charge in [-0.15, -0.1) is 0 Å². The molecule has 0 radical (unpaired) electrons. The third kappa shape index (κ3) is 4.04. The molecule has 2 atom stereocenters. The van der Waals surface area contributed by atoms with Crippen LogP contribution in [0.4, 0.5) is 4.79 Å². The van der Waals surface area contributed by atoms with Crippen LogP contribution >= 0.6 is 0 Å². The van der Waals surface area contributed by atoms with Crippen LogP contribution in [0.5, 0.6) is 0 Å². The summed E-state index contributed by atoms with van der Waals surface area (Å²) in [6.45, 7) is 9.79. The molecule has 0 aliphatic carbocycles. The number of rotatable bonds is 4. The molecule has 0 aromatic heterocycles. The molecule has 0 bridgehead atoms. The molecule has 1 N–H and O–H groups in total. The lowest BCUT2D eigenvalue weighted by molar-refractivity contribution is -0.127. The smallest absolute Gasteiger partial charge is 0.325 e. The van der Waals surface area contributed by atoms with E-state index in [0.717, 1.165) is 44.2 Å². The second-order valence-electron chi connectivity index (χ2n) is 9.64. The minimum atomic E-state index is -0.532. The van der Waals surface area contributed by atoms with Crippen LogP contribution in [0, 0.1) is 5.92 Å². The molecule has 3 aliphatic rings. The molecule has 2 saturated heterocycles. The summed E-state index contributed by atoms with van der Waals surface area (Å²) in [5.41, 5.74) is 1.15. The maximum Gasteiger partial charge on any atom is 0.325 e. The first-order chi connectivity index (χ1) is 15.9. The van der Waals surface area contributed by atoms with E-state index in [1.54, 1.807) is 11.9 Å². The zero-order valence-corrected chi connectivity index (χ0v) is 19.6. The molecule has 8 nitrogen and oxygen atoms in total. The number of amides is 3. The Morgan fingerprint density at radius 1 is 1.03 bits per heavy atom. The second kappa shape index (κ2) is 8.67. The van der Waals surface area contributed by atoms with E-state index in [0.29, 0.717) is 12.5 Å². The number of benzene rings is 2. The number of hydrogen-bond donors (Lipinski definition) is 1. The molecule has 8 heteroatoms. The summed E-state index contributed by atoms with van der Waals surface area (Å²) in [5.74, 6) is 1.17. The number of piperazine rings is 1. The van der Waals surface area contributed by atoms with Crippen molar-refractivity contribution in [2.75, 3.05) is 39.8 Å². The highest BCUT2D eigenvalue weighted by Crippen LogP contribution is 2.29. The Balaban J connectivity index is 1.46. The van der Waals surface area contributed by atoms with Gasteiger partial charge in [-0.2, -0.15) is 0 Å². The lowest BCUT2D eigenvalue weighted by Crippen LogP contribution is -2.64. The van der Waals surface area contributed by atoms with Crippen LogP contribution in [0.25, 0.3) is 10.8 Å². The molecular weight excluding hydrogens is 416 g/mol. The van der Waals surface area contributed by atoms with Gasteiger partial charge in [0.05, 0.1) is 0 Å². The number of hydrogen-bond acceptors (Lipinski definition) is 6. The Kier molecular flexibility index (Phi) is 5.70. The number of nitrogens with one attached hydrogen (secondary N) is 1. The number of likely N-dealkylation sites (N-methyl/N-ethyl adjacent to an activating group) is 1. The van der Waals surface area contributed by atoms with E-state index >= 15 is 0 Å². The molecule has 3 aliphatic heterocycles. The topological polar surface area (TPSA) is 71.5 Å². The zero-order chi connectivity index (χ0) is 23.1. The van der Waals surface area contributed by atoms with Gasteiger partial charge >= 0.3 is 6.03 Å². The van der Waals surface area contributed by atoms with Gasteiger partial charge in [-0.3, -0.25) is 15.0 Å². The summed E-state index contributed by atoms with van der Waals surface area (Å²) in [6.07, 6.45) is -0.509. The third-order valence-corrected chi connectivity index (χ3v) is 6.84. The molecule has 0 spiro atoms. The average molecular weight is 449 g/mol. The van der Waals surface area contributed by atoms with Crippen LogP contribution in [0.15, 0.2) is 47.5 Å². The van der Waals surface area contributed by atoms with Gasteiger partial charge in [0.1, 0.15) is 0 Å². The maximum atomic E-state index is 13.0. The van der Waals surface area contributed by atoms with E-state index in [-0.39, 0.29) is 5.91 Å². The minimum Gasteiger partial charge on any atom is -0.340 e. The van der Waals surface area contributed by atoms with Crippen LogP contribution in [0.1, 0.15) is 19.4 Å².